The molecule has 0 saturated carbocycles. The Hall–Kier alpha value is -1.19. The molecule has 0 bridgehead atoms. The maximum absolute atomic E-state index is 12.8. The van der Waals surface area contributed by atoms with E-state index in [1.54, 1.807) is 18.2 Å². The molecular weight excluding hydrogens is 320 g/mol. The zero-order valence-electron chi connectivity index (χ0n) is 13.1. The van der Waals surface area contributed by atoms with E-state index < -0.39 is 16.1 Å². The highest BCUT2D eigenvalue weighted by molar-refractivity contribution is 7.89. The summed E-state index contributed by atoms with van der Waals surface area (Å²) in [5.41, 5.74) is 0. The minimum Gasteiger partial charge on any atom is -0.497 e. The summed E-state index contributed by atoms with van der Waals surface area (Å²) in [5, 5.41) is 10.3. The number of nitrogens with zero attached hydrogens (tertiary/aromatic N) is 2. The lowest BCUT2D eigenvalue weighted by atomic mass is 10.2. The van der Waals surface area contributed by atoms with E-state index in [4.69, 9.17) is 9.47 Å². The molecule has 1 N–H and O–H groups in total. The molecule has 2 aliphatic rings. The van der Waals surface area contributed by atoms with Gasteiger partial charge in [-0.3, -0.25) is 4.90 Å². The molecule has 0 spiro atoms. The van der Waals surface area contributed by atoms with Crippen molar-refractivity contribution in [1.29, 1.82) is 0 Å². The minimum atomic E-state index is -3.64. The van der Waals surface area contributed by atoms with E-state index in [1.165, 1.54) is 17.5 Å². The van der Waals surface area contributed by atoms with Crippen LogP contribution in [-0.4, -0.2) is 81.4 Å². The van der Waals surface area contributed by atoms with Crippen molar-refractivity contribution in [3.05, 3.63) is 24.3 Å². The number of ether oxygens (including phenoxy) is 2. The molecule has 8 heteroatoms. The summed E-state index contributed by atoms with van der Waals surface area (Å²) in [5.74, 6) is 0.496. The van der Waals surface area contributed by atoms with Gasteiger partial charge >= 0.3 is 0 Å². The fourth-order valence-electron chi connectivity index (χ4n) is 3.11. The molecule has 3 rings (SSSR count). The topological polar surface area (TPSA) is 79.3 Å². The van der Waals surface area contributed by atoms with Gasteiger partial charge in [-0.05, 0) is 12.1 Å². The van der Waals surface area contributed by atoms with Crippen LogP contribution in [0.5, 0.6) is 5.75 Å². The molecule has 2 atom stereocenters. The molecule has 0 unspecified atom stereocenters. The van der Waals surface area contributed by atoms with Crippen LogP contribution >= 0.6 is 0 Å². The van der Waals surface area contributed by atoms with Crippen LogP contribution in [-0.2, 0) is 14.8 Å². The van der Waals surface area contributed by atoms with Crippen LogP contribution in [0.4, 0.5) is 0 Å². The van der Waals surface area contributed by atoms with Crippen molar-refractivity contribution in [3.63, 3.8) is 0 Å². The largest absolute Gasteiger partial charge is 0.497 e. The molecule has 0 amide bonds. The first-order chi connectivity index (χ1) is 11.0. The third-order valence-electron chi connectivity index (χ3n) is 4.42. The third kappa shape index (κ3) is 3.36. The Morgan fingerprint density at radius 3 is 2.70 bits per heavy atom. The number of benzene rings is 1. The Balaban J connectivity index is 1.78. The number of methoxy groups -OCH3 is 1. The first-order valence-electron chi connectivity index (χ1n) is 7.66. The fourth-order valence-corrected chi connectivity index (χ4v) is 4.62. The van der Waals surface area contributed by atoms with E-state index in [-0.39, 0.29) is 17.5 Å². The van der Waals surface area contributed by atoms with Crippen molar-refractivity contribution >= 4 is 10.0 Å². The number of hydrogen-bond acceptors (Lipinski definition) is 6. The van der Waals surface area contributed by atoms with Gasteiger partial charge in [0.05, 0.1) is 37.4 Å². The minimum absolute atomic E-state index is 0.113. The van der Waals surface area contributed by atoms with Crippen molar-refractivity contribution in [3.8, 4) is 5.75 Å². The van der Waals surface area contributed by atoms with Gasteiger partial charge in [-0.2, -0.15) is 4.31 Å². The van der Waals surface area contributed by atoms with Gasteiger partial charge in [0.2, 0.25) is 10.0 Å². The average Bonchev–Trinajstić information content (AvgIpc) is 2.98. The maximum Gasteiger partial charge on any atom is 0.243 e. The van der Waals surface area contributed by atoms with Gasteiger partial charge in [-0.15, -0.1) is 0 Å². The number of sulfonamides is 1. The Morgan fingerprint density at radius 2 is 2.00 bits per heavy atom. The first-order valence-corrected chi connectivity index (χ1v) is 9.10. The summed E-state index contributed by atoms with van der Waals surface area (Å²) in [6.07, 6.45) is -0.687. The van der Waals surface area contributed by atoms with Crippen LogP contribution in [0.25, 0.3) is 0 Å². The SMILES string of the molecule is COc1cccc(S(=O)(=O)N2C[C@@H](O)[C@H](N3CCOCC3)C2)c1. The molecule has 0 radical (unpaired) electrons. The molecule has 2 heterocycles. The van der Waals surface area contributed by atoms with E-state index in [9.17, 15) is 13.5 Å². The predicted octanol–water partition coefficient (Wildman–Crippen LogP) is -0.239. The molecule has 0 aromatic heterocycles. The van der Waals surface area contributed by atoms with Crippen LogP contribution in [0.1, 0.15) is 0 Å². The van der Waals surface area contributed by atoms with Crippen molar-refractivity contribution in [2.24, 2.45) is 0 Å². The molecule has 128 valence electrons. The molecule has 2 fully saturated rings. The lowest BCUT2D eigenvalue weighted by molar-refractivity contribution is -0.00602. The van der Waals surface area contributed by atoms with Gasteiger partial charge in [0.1, 0.15) is 5.75 Å². The van der Waals surface area contributed by atoms with Gasteiger partial charge < -0.3 is 14.6 Å². The van der Waals surface area contributed by atoms with Crippen LogP contribution in [0.3, 0.4) is 0 Å². The van der Waals surface area contributed by atoms with Crippen LogP contribution in [0.15, 0.2) is 29.2 Å². The summed E-state index contributed by atoms with van der Waals surface area (Å²) < 4.78 is 37.3. The van der Waals surface area contributed by atoms with Crippen molar-refractivity contribution in [2.45, 2.75) is 17.0 Å². The molecule has 1 aromatic rings. The third-order valence-corrected chi connectivity index (χ3v) is 6.25. The summed E-state index contributed by atoms with van der Waals surface area (Å²) in [6.45, 7) is 3.07. The number of aliphatic hydroxyl groups excluding tert-OH is 1. The second kappa shape index (κ2) is 6.74. The second-order valence-electron chi connectivity index (χ2n) is 5.78. The van der Waals surface area contributed by atoms with E-state index in [2.05, 4.69) is 4.90 Å². The summed E-state index contributed by atoms with van der Waals surface area (Å²) in [4.78, 5) is 2.29. The smallest absolute Gasteiger partial charge is 0.243 e. The van der Waals surface area contributed by atoms with Crippen molar-refractivity contribution in [1.82, 2.24) is 9.21 Å². The summed E-state index contributed by atoms with van der Waals surface area (Å²) in [6, 6.07) is 6.22. The molecule has 7 nitrogen and oxygen atoms in total. The van der Waals surface area contributed by atoms with Crippen LogP contribution in [0, 0.1) is 0 Å². The molecule has 0 aliphatic carbocycles. The average molecular weight is 342 g/mol. The summed E-state index contributed by atoms with van der Waals surface area (Å²) in [7, 11) is -2.14. The monoisotopic (exact) mass is 342 g/mol. The lowest BCUT2D eigenvalue weighted by Crippen LogP contribution is -2.49. The highest BCUT2D eigenvalue weighted by Crippen LogP contribution is 2.26. The molecule has 2 aliphatic heterocycles. The predicted molar refractivity (Wildman–Crippen MR) is 83.9 cm³/mol. The Labute approximate surface area is 136 Å². The van der Waals surface area contributed by atoms with E-state index in [0.29, 0.717) is 25.5 Å². The van der Waals surface area contributed by atoms with Crippen molar-refractivity contribution < 1.29 is 23.0 Å². The highest BCUT2D eigenvalue weighted by atomic mass is 32.2. The summed E-state index contributed by atoms with van der Waals surface area (Å²) >= 11 is 0. The van der Waals surface area contributed by atoms with Crippen molar-refractivity contribution in [2.75, 3.05) is 46.5 Å². The van der Waals surface area contributed by atoms with Crippen LogP contribution in [0.2, 0.25) is 0 Å². The number of β-amino-alcohol motifs (C(OH)–C–C–N with tert-alkyl or cyclic N) is 1. The quantitative estimate of drug-likeness (QED) is 0.814. The second-order valence-corrected chi connectivity index (χ2v) is 7.72. The Kier molecular flexibility index (Phi) is 4.88. The zero-order chi connectivity index (χ0) is 16.4. The Bertz CT molecular complexity index is 645. The molecular formula is C15H22N2O5S. The van der Waals surface area contributed by atoms with E-state index >= 15 is 0 Å². The number of rotatable bonds is 4. The number of aliphatic hydroxyl groups is 1. The first kappa shape index (κ1) is 16.7. The molecule has 2 saturated heterocycles. The normalized spacial score (nSPS) is 27.2. The number of morpholine rings is 1. The van der Waals surface area contributed by atoms with Gasteiger partial charge in [-0.1, -0.05) is 6.07 Å². The van der Waals surface area contributed by atoms with Gasteiger partial charge in [0, 0.05) is 32.2 Å². The van der Waals surface area contributed by atoms with Gasteiger partial charge in [-0.25, -0.2) is 8.42 Å². The van der Waals surface area contributed by atoms with Gasteiger partial charge in [0.25, 0.3) is 0 Å². The highest BCUT2D eigenvalue weighted by Gasteiger charge is 2.41. The lowest BCUT2D eigenvalue weighted by Gasteiger charge is -2.33. The Morgan fingerprint density at radius 1 is 1.26 bits per heavy atom. The molecule has 23 heavy (non-hydrogen) atoms. The van der Waals surface area contributed by atoms with E-state index in [0.717, 1.165) is 13.1 Å². The van der Waals surface area contributed by atoms with Gasteiger partial charge in [0.15, 0.2) is 0 Å². The fraction of sp³-hybridized carbons (Fsp3) is 0.600. The molecule has 1 aromatic carbocycles. The standard InChI is InChI=1S/C15H22N2O5S/c1-21-12-3-2-4-13(9-12)23(19,20)17-10-14(15(18)11-17)16-5-7-22-8-6-16/h2-4,9,14-15,18H,5-8,10-11H2,1H3/t14-,15-/m1/s1. The number of hydrogen-bond donors (Lipinski definition) is 1. The maximum atomic E-state index is 12.8. The van der Waals surface area contributed by atoms with E-state index in [1.807, 2.05) is 0 Å². The zero-order valence-corrected chi connectivity index (χ0v) is 13.9. The van der Waals surface area contributed by atoms with Crippen LogP contribution < -0.4 is 4.74 Å².